The third kappa shape index (κ3) is 3.26. The van der Waals surface area contributed by atoms with Crippen molar-refractivity contribution in [1.29, 1.82) is 0 Å². The summed E-state index contributed by atoms with van der Waals surface area (Å²) in [6, 6.07) is 0.538. The predicted octanol–water partition coefficient (Wildman–Crippen LogP) is 0.737. The highest BCUT2D eigenvalue weighted by Gasteiger charge is 2.29. The van der Waals surface area contributed by atoms with Crippen LogP contribution in [0.3, 0.4) is 0 Å². The summed E-state index contributed by atoms with van der Waals surface area (Å²) in [7, 11) is 0. The molecule has 94 valence electrons. The van der Waals surface area contributed by atoms with Crippen LogP contribution < -0.4 is 0 Å². The molecule has 0 bridgehead atoms. The third-order valence-corrected chi connectivity index (χ3v) is 3.02. The first-order valence-corrected chi connectivity index (χ1v) is 6.03. The number of hydrogen-bond acceptors (Lipinski definition) is 4. The van der Waals surface area contributed by atoms with Gasteiger partial charge < -0.3 is 5.11 Å². The molecule has 0 aromatic carbocycles. The van der Waals surface area contributed by atoms with E-state index >= 15 is 0 Å². The van der Waals surface area contributed by atoms with Crippen LogP contribution in [0.2, 0.25) is 0 Å². The van der Waals surface area contributed by atoms with Gasteiger partial charge in [-0.25, -0.2) is 9.67 Å². The van der Waals surface area contributed by atoms with E-state index in [1.165, 1.54) is 12.8 Å². The molecular weight excluding hydrogens is 220 g/mol. The van der Waals surface area contributed by atoms with Crippen molar-refractivity contribution in [3.8, 4) is 0 Å². The van der Waals surface area contributed by atoms with Gasteiger partial charge in [0.05, 0.1) is 13.0 Å². The zero-order valence-corrected chi connectivity index (χ0v) is 10.0. The Balaban J connectivity index is 1.95. The van der Waals surface area contributed by atoms with Gasteiger partial charge in [-0.3, -0.25) is 9.69 Å². The highest BCUT2D eigenvalue weighted by molar-refractivity contribution is 5.66. The summed E-state index contributed by atoms with van der Waals surface area (Å²) < 4.78 is 1.86. The van der Waals surface area contributed by atoms with E-state index in [-0.39, 0.29) is 6.42 Å². The monoisotopic (exact) mass is 238 g/mol. The van der Waals surface area contributed by atoms with Crippen molar-refractivity contribution in [3.63, 3.8) is 0 Å². The minimum Gasteiger partial charge on any atom is -0.481 e. The van der Waals surface area contributed by atoms with Crippen molar-refractivity contribution in [3.05, 3.63) is 12.2 Å². The largest absolute Gasteiger partial charge is 0.481 e. The Bertz CT molecular complexity index is 387. The number of aromatic nitrogens is 3. The second-order valence-electron chi connectivity index (χ2n) is 4.34. The van der Waals surface area contributed by atoms with Gasteiger partial charge in [0, 0.05) is 19.1 Å². The van der Waals surface area contributed by atoms with E-state index in [1.807, 2.05) is 11.6 Å². The Morgan fingerprint density at radius 1 is 1.65 bits per heavy atom. The Kier molecular flexibility index (Phi) is 3.73. The fourth-order valence-corrected chi connectivity index (χ4v) is 1.93. The van der Waals surface area contributed by atoms with Crippen LogP contribution in [0.4, 0.5) is 0 Å². The number of aryl methyl sites for hydroxylation is 1. The van der Waals surface area contributed by atoms with Crippen LogP contribution in [0, 0.1) is 0 Å². The fourth-order valence-electron chi connectivity index (χ4n) is 1.93. The maximum absolute atomic E-state index is 10.6. The summed E-state index contributed by atoms with van der Waals surface area (Å²) in [5.41, 5.74) is 0. The van der Waals surface area contributed by atoms with Gasteiger partial charge in [0.15, 0.2) is 0 Å². The zero-order chi connectivity index (χ0) is 12.3. The van der Waals surface area contributed by atoms with Crippen molar-refractivity contribution in [2.24, 2.45) is 0 Å². The minimum absolute atomic E-state index is 0.191. The lowest BCUT2D eigenvalue weighted by Crippen LogP contribution is -2.29. The third-order valence-electron chi connectivity index (χ3n) is 3.02. The van der Waals surface area contributed by atoms with Crippen LogP contribution in [-0.4, -0.2) is 43.3 Å². The van der Waals surface area contributed by atoms with Crippen molar-refractivity contribution in [2.75, 3.05) is 6.54 Å². The van der Waals surface area contributed by atoms with Crippen LogP contribution >= 0.6 is 0 Å². The van der Waals surface area contributed by atoms with Gasteiger partial charge in [0.2, 0.25) is 0 Å². The molecule has 0 atom stereocenters. The first-order chi connectivity index (χ1) is 8.20. The molecule has 1 fully saturated rings. The van der Waals surface area contributed by atoms with Crippen LogP contribution in [0.5, 0.6) is 0 Å². The second kappa shape index (κ2) is 5.27. The maximum Gasteiger partial charge on any atom is 0.304 e. The highest BCUT2D eigenvalue weighted by Crippen LogP contribution is 2.28. The molecule has 0 saturated heterocycles. The van der Waals surface area contributed by atoms with E-state index < -0.39 is 5.97 Å². The van der Waals surface area contributed by atoms with E-state index in [1.54, 1.807) is 6.33 Å². The van der Waals surface area contributed by atoms with Gasteiger partial charge in [0.25, 0.3) is 0 Å². The predicted molar refractivity (Wildman–Crippen MR) is 61.4 cm³/mol. The summed E-state index contributed by atoms with van der Waals surface area (Å²) >= 11 is 0. The Labute approximate surface area is 100 Å². The Morgan fingerprint density at radius 3 is 3.00 bits per heavy atom. The summed E-state index contributed by atoms with van der Waals surface area (Å²) in [5, 5.41) is 12.9. The summed E-state index contributed by atoms with van der Waals surface area (Å²) in [6.45, 7) is 4.12. The number of aliphatic carboxylic acids is 1. The van der Waals surface area contributed by atoms with Crippen molar-refractivity contribution >= 4 is 5.97 Å². The summed E-state index contributed by atoms with van der Waals surface area (Å²) in [5.74, 6) is 0.178. The lowest BCUT2D eigenvalue weighted by atomic mass is 10.3. The summed E-state index contributed by atoms with van der Waals surface area (Å²) in [6.07, 6.45) is 4.08. The van der Waals surface area contributed by atoms with E-state index in [0.717, 1.165) is 12.4 Å². The Morgan fingerprint density at radius 2 is 2.41 bits per heavy atom. The summed E-state index contributed by atoms with van der Waals surface area (Å²) in [4.78, 5) is 17.0. The molecule has 1 saturated carbocycles. The lowest BCUT2D eigenvalue weighted by Gasteiger charge is -2.20. The second-order valence-corrected chi connectivity index (χ2v) is 4.34. The molecular formula is C11H18N4O2. The number of rotatable bonds is 7. The molecule has 1 aromatic rings. The van der Waals surface area contributed by atoms with Gasteiger partial charge >= 0.3 is 5.97 Å². The first kappa shape index (κ1) is 12.0. The fraction of sp³-hybridized carbons (Fsp3) is 0.727. The number of carbonyl (C=O) groups is 1. The smallest absolute Gasteiger partial charge is 0.304 e. The SMILES string of the molecule is CCn1ncnc1CN(CCC(=O)O)C1CC1. The molecule has 6 heteroatoms. The molecule has 6 nitrogen and oxygen atoms in total. The molecule has 0 amide bonds. The van der Waals surface area contributed by atoms with Crippen molar-refractivity contribution in [1.82, 2.24) is 19.7 Å². The molecule has 0 aliphatic heterocycles. The van der Waals surface area contributed by atoms with E-state index in [0.29, 0.717) is 19.1 Å². The number of nitrogens with zero attached hydrogens (tertiary/aromatic N) is 4. The first-order valence-electron chi connectivity index (χ1n) is 6.03. The average Bonchev–Trinajstić information content (AvgIpc) is 3.04. The maximum atomic E-state index is 10.6. The normalized spacial score (nSPS) is 15.4. The van der Waals surface area contributed by atoms with Gasteiger partial charge in [-0.1, -0.05) is 0 Å². The van der Waals surface area contributed by atoms with Gasteiger partial charge in [0.1, 0.15) is 12.2 Å². The van der Waals surface area contributed by atoms with E-state index in [2.05, 4.69) is 15.0 Å². The van der Waals surface area contributed by atoms with Crippen LogP contribution in [-0.2, 0) is 17.9 Å². The molecule has 0 radical (unpaired) electrons. The average molecular weight is 238 g/mol. The molecule has 17 heavy (non-hydrogen) atoms. The number of carboxylic acids is 1. The van der Waals surface area contributed by atoms with E-state index in [4.69, 9.17) is 5.11 Å². The molecule has 1 N–H and O–H groups in total. The van der Waals surface area contributed by atoms with E-state index in [9.17, 15) is 4.79 Å². The van der Waals surface area contributed by atoms with Crippen molar-refractivity contribution < 1.29 is 9.90 Å². The van der Waals surface area contributed by atoms with Gasteiger partial charge in [-0.2, -0.15) is 5.10 Å². The van der Waals surface area contributed by atoms with Gasteiger partial charge in [-0.15, -0.1) is 0 Å². The topological polar surface area (TPSA) is 71.2 Å². The molecule has 0 spiro atoms. The van der Waals surface area contributed by atoms with Crippen LogP contribution in [0.25, 0.3) is 0 Å². The molecule has 1 aromatic heterocycles. The Hall–Kier alpha value is -1.43. The number of hydrogen-bond donors (Lipinski definition) is 1. The van der Waals surface area contributed by atoms with Crippen molar-refractivity contribution in [2.45, 2.75) is 45.3 Å². The molecule has 2 rings (SSSR count). The molecule has 1 aliphatic rings. The number of carboxylic acid groups (broad SMARTS) is 1. The molecule has 1 heterocycles. The zero-order valence-electron chi connectivity index (χ0n) is 10.0. The minimum atomic E-state index is -0.743. The highest BCUT2D eigenvalue weighted by atomic mass is 16.4. The quantitative estimate of drug-likeness (QED) is 0.758. The van der Waals surface area contributed by atoms with Crippen LogP contribution in [0.1, 0.15) is 32.0 Å². The molecule has 1 aliphatic carbocycles. The lowest BCUT2D eigenvalue weighted by molar-refractivity contribution is -0.137. The molecule has 0 unspecified atom stereocenters. The van der Waals surface area contributed by atoms with Crippen LogP contribution in [0.15, 0.2) is 6.33 Å². The van der Waals surface area contributed by atoms with Gasteiger partial charge in [-0.05, 0) is 19.8 Å². The standard InChI is InChI=1S/C11H18N4O2/c1-2-15-10(12-8-13-15)7-14(9-3-4-9)6-5-11(16)17/h8-9H,2-7H2,1H3,(H,16,17).